The van der Waals surface area contributed by atoms with Gasteiger partial charge in [-0.05, 0) is 44.0 Å². The molecule has 0 saturated heterocycles. The van der Waals surface area contributed by atoms with Crippen LogP contribution in [-0.4, -0.2) is 40.0 Å². The van der Waals surface area contributed by atoms with Gasteiger partial charge in [0.1, 0.15) is 6.04 Å². The van der Waals surface area contributed by atoms with Crippen LogP contribution in [0.3, 0.4) is 0 Å². The molecule has 1 atom stereocenters. The largest absolute Gasteiger partial charge is 0.480 e. The van der Waals surface area contributed by atoms with Gasteiger partial charge in [-0.25, -0.2) is 21.6 Å². The Labute approximate surface area is 128 Å². The molecule has 1 aliphatic rings. The Kier molecular flexibility index (Phi) is 4.57. The van der Waals surface area contributed by atoms with Gasteiger partial charge in [0.05, 0.1) is 9.79 Å². The van der Waals surface area contributed by atoms with E-state index in [9.17, 15) is 21.6 Å². The standard InChI is InChI=1S/C12H16N2O6S2/c1-8(12(15)16)13-21(17,18)10-4-6-11(7-5-10)22(19,20)14-9-2-3-9/h4-9,13-14H,2-3H2,1H3,(H,15,16). The Morgan fingerprint density at radius 1 is 1.09 bits per heavy atom. The van der Waals surface area contributed by atoms with E-state index in [1.165, 1.54) is 19.1 Å². The molecule has 122 valence electrons. The summed E-state index contributed by atoms with van der Waals surface area (Å²) in [6.07, 6.45) is 1.59. The quantitative estimate of drug-likeness (QED) is 0.630. The van der Waals surface area contributed by atoms with E-state index in [2.05, 4.69) is 4.72 Å². The van der Waals surface area contributed by atoms with Crippen molar-refractivity contribution in [3.8, 4) is 0 Å². The summed E-state index contributed by atoms with van der Waals surface area (Å²) < 4.78 is 52.3. The SMILES string of the molecule is CC(NS(=O)(=O)c1ccc(S(=O)(=O)NC2CC2)cc1)C(=O)O. The summed E-state index contributed by atoms with van der Waals surface area (Å²) in [5, 5.41) is 8.72. The highest BCUT2D eigenvalue weighted by Gasteiger charge is 2.28. The Bertz CT molecular complexity index is 766. The molecule has 1 unspecified atom stereocenters. The van der Waals surface area contributed by atoms with E-state index in [1.54, 1.807) is 0 Å². The molecule has 0 aliphatic heterocycles. The Morgan fingerprint density at radius 3 is 1.95 bits per heavy atom. The minimum Gasteiger partial charge on any atom is -0.480 e. The molecule has 0 amide bonds. The van der Waals surface area contributed by atoms with Gasteiger partial charge in [-0.1, -0.05) is 0 Å². The molecule has 8 nitrogen and oxygen atoms in total. The maximum Gasteiger partial charge on any atom is 0.321 e. The molecule has 0 aromatic heterocycles. The number of carboxylic acid groups (broad SMARTS) is 1. The smallest absolute Gasteiger partial charge is 0.321 e. The van der Waals surface area contributed by atoms with Crippen molar-refractivity contribution in [2.45, 2.75) is 41.6 Å². The molecule has 1 aliphatic carbocycles. The van der Waals surface area contributed by atoms with Crippen molar-refractivity contribution in [1.29, 1.82) is 0 Å². The summed E-state index contributed by atoms with van der Waals surface area (Å²) in [6, 6.07) is 3.25. The van der Waals surface area contributed by atoms with Crippen molar-refractivity contribution in [3.05, 3.63) is 24.3 Å². The maximum atomic E-state index is 12.0. The molecule has 3 N–H and O–H groups in total. The lowest BCUT2D eigenvalue weighted by molar-refractivity contribution is -0.138. The van der Waals surface area contributed by atoms with Crippen LogP contribution in [0.2, 0.25) is 0 Å². The van der Waals surface area contributed by atoms with E-state index in [0.717, 1.165) is 25.0 Å². The number of sulfonamides is 2. The molecule has 1 saturated carbocycles. The van der Waals surface area contributed by atoms with Gasteiger partial charge in [0.15, 0.2) is 0 Å². The first-order valence-electron chi connectivity index (χ1n) is 6.49. The maximum absolute atomic E-state index is 12.0. The van der Waals surface area contributed by atoms with Crippen LogP contribution < -0.4 is 9.44 Å². The number of hydrogen-bond acceptors (Lipinski definition) is 5. The third-order valence-electron chi connectivity index (χ3n) is 3.05. The summed E-state index contributed by atoms with van der Waals surface area (Å²) in [5.41, 5.74) is 0. The lowest BCUT2D eigenvalue weighted by atomic mass is 10.4. The second-order valence-electron chi connectivity index (χ2n) is 5.05. The normalized spacial score (nSPS) is 17.1. The average Bonchev–Trinajstić information content (AvgIpc) is 3.21. The van der Waals surface area contributed by atoms with Crippen LogP contribution in [0.4, 0.5) is 0 Å². The molecular weight excluding hydrogens is 332 g/mol. The van der Waals surface area contributed by atoms with Gasteiger partial charge < -0.3 is 5.11 Å². The van der Waals surface area contributed by atoms with Gasteiger partial charge in [-0.3, -0.25) is 4.79 Å². The fourth-order valence-corrected chi connectivity index (χ4v) is 4.14. The molecule has 0 heterocycles. The molecule has 10 heteroatoms. The third-order valence-corrected chi connectivity index (χ3v) is 6.14. The highest BCUT2D eigenvalue weighted by Crippen LogP contribution is 2.22. The Balaban J connectivity index is 2.19. The first kappa shape index (κ1) is 16.9. The molecule has 1 fully saturated rings. The Hall–Kier alpha value is -1.49. The third kappa shape index (κ3) is 4.03. The van der Waals surface area contributed by atoms with Crippen molar-refractivity contribution in [2.75, 3.05) is 0 Å². The van der Waals surface area contributed by atoms with Crippen LogP contribution in [0.5, 0.6) is 0 Å². The van der Waals surface area contributed by atoms with Crippen LogP contribution in [0.25, 0.3) is 0 Å². The van der Waals surface area contributed by atoms with Gasteiger partial charge in [-0.15, -0.1) is 0 Å². The number of aliphatic carboxylic acids is 1. The van der Waals surface area contributed by atoms with Gasteiger partial charge >= 0.3 is 5.97 Å². The Morgan fingerprint density at radius 2 is 1.55 bits per heavy atom. The number of carbonyl (C=O) groups is 1. The molecule has 2 rings (SSSR count). The summed E-state index contributed by atoms with van der Waals surface area (Å²) in [6.45, 7) is 1.19. The fraction of sp³-hybridized carbons (Fsp3) is 0.417. The summed E-state index contributed by atoms with van der Waals surface area (Å²) in [5.74, 6) is -1.31. The van der Waals surface area contributed by atoms with Gasteiger partial charge in [0.2, 0.25) is 20.0 Å². The molecular formula is C12H16N2O6S2. The van der Waals surface area contributed by atoms with E-state index < -0.39 is 32.1 Å². The van der Waals surface area contributed by atoms with E-state index in [0.29, 0.717) is 0 Å². The second kappa shape index (κ2) is 5.95. The minimum absolute atomic E-state index is 0.0374. The van der Waals surface area contributed by atoms with Gasteiger partial charge in [0, 0.05) is 6.04 Å². The summed E-state index contributed by atoms with van der Waals surface area (Å²) in [7, 11) is -7.68. The molecule has 1 aromatic rings. The number of hydrogen-bond donors (Lipinski definition) is 3. The van der Waals surface area contributed by atoms with Crippen molar-refractivity contribution in [1.82, 2.24) is 9.44 Å². The summed E-state index contributed by atoms with van der Waals surface area (Å²) in [4.78, 5) is 10.4. The van der Waals surface area contributed by atoms with Gasteiger partial charge in [-0.2, -0.15) is 4.72 Å². The lowest BCUT2D eigenvalue weighted by Crippen LogP contribution is -2.38. The van der Waals surface area contributed by atoms with Crippen LogP contribution in [0, 0.1) is 0 Å². The van der Waals surface area contributed by atoms with Crippen LogP contribution in [-0.2, 0) is 24.8 Å². The second-order valence-corrected chi connectivity index (χ2v) is 8.48. The van der Waals surface area contributed by atoms with Crippen molar-refractivity contribution in [2.24, 2.45) is 0 Å². The van der Waals surface area contributed by atoms with E-state index >= 15 is 0 Å². The molecule has 0 bridgehead atoms. The lowest BCUT2D eigenvalue weighted by Gasteiger charge is -2.11. The summed E-state index contributed by atoms with van der Waals surface area (Å²) >= 11 is 0. The zero-order valence-corrected chi connectivity index (χ0v) is 13.3. The predicted octanol–water partition coefficient (Wildman–Crippen LogP) is -0.121. The number of nitrogens with one attached hydrogen (secondary N) is 2. The first-order valence-corrected chi connectivity index (χ1v) is 9.46. The van der Waals surface area contributed by atoms with E-state index in [1.807, 2.05) is 4.72 Å². The highest BCUT2D eigenvalue weighted by atomic mass is 32.2. The van der Waals surface area contributed by atoms with Crippen molar-refractivity contribution >= 4 is 26.0 Å². The fourth-order valence-electron chi connectivity index (χ4n) is 1.64. The zero-order chi connectivity index (χ0) is 16.5. The average molecular weight is 348 g/mol. The molecule has 22 heavy (non-hydrogen) atoms. The predicted molar refractivity (Wildman–Crippen MR) is 77.2 cm³/mol. The number of carboxylic acids is 1. The molecule has 0 spiro atoms. The monoisotopic (exact) mass is 348 g/mol. The van der Waals surface area contributed by atoms with E-state index in [4.69, 9.17) is 5.11 Å². The minimum atomic E-state index is -4.02. The van der Waals surface area contributed by atoms with Gasteiger partial charge in [0.25, 0.3) is 0 Å². The number of benzene rings is 1. The first-order chi connectivity index (χ1) is 10.1. The van der Waals surface area contributed by atoms with Crippen molar-refractivity contribution in [3.63, 3.8) is 0 Å². The van der Waals surface area contributed by atoms with E-state index in [-0.39, 0.29) is 15.8 Å². The van der Waals surface area contributed by atoms with Crippen LogP contribution in [0.15, 0.2) is 34.1 Å². The highest BCUT2D eigenvalue weighted by molar-refractivity contribution is 7.90. The zero-order valence-electron chi connectivity index (χ0n) is 11.7. The number of rotatable bonds is 7. The molecule has 0 radical (unpaired) electrons. The van der Waals surface area contributed by atoms with Crippen LogP contribution in [0.1, 0.15) is 19.8 Å². The topological polar surface area (TPSA) is 130 Å². The van der Waals surface area contributed by atoms with Crippen LogP contribution >= 0.6 is 0 Å². The van der Waals surface area contributed by atoms with Crippen molar-refractivity contribution < 1.29 is 26.7 Å². The molecule has 1 aromatic carbocycles.